The largest absolute Gasteiger partial charge is 0.477 e. The lowest BCUT2D eigenvalue weighted by Gasteiger charge is -2.27. The second-order valence-electron chi connectivity index (χ2n) is 9.27. The van der Waals surface area contributed by atoms with Crippen molar-refractivity contribution in [2.45, 2.75) is 25.8 Å². The van der Waals surface area contributed by atoms with Crippen LogP contribution in [0.3, 0.4) is 0 Å². The lowest BCUT2D eigenvalue weighted by molar-refractivity contribution is 0.233. The van der Waals surface area contributed by atoms with Crippen LogP contribution in [0.5, 0.6) is 5.88 Å². The van der Waals surface area contributed by atoms with Crippen molar-refractivity contribution in [3.05, 3.63) is 66.0 Å². The van der Waals surface area contributed by atoms with Crippen LogP contribution in [-0.4, -0.2) is 62.6 Å². The number of fused-ring (bicyclic) bond motifs is 1. The number of rotatable bonds is 8. The van der Waals surface area contributed by atoms with E-state index in [1.165, 1.54) is 18.4 Å². The van der Waals surface area contributed by atoms with Crippen LogP contribution in [0.2, 0.25) is 0 Å². The van der Waals surface area contributed by atoms with Gasteiger partial charge in [-0.15, -0.1) is 0 Å². The van der Waals surface area contributed by atoms with Crippen LogP contribution in [0.25, 0.3) is 22.3 Å². The second kappa shape index (κ2) is 9.48. The van der Waals surface area contributed by atoms with Crippen molar-refractivity contribution in [3.63, 3.8) is 0 Å². The van der Waals surface area contributed by atoms with Gasteiger partial charge in [-0.1, -0.05) is 6.07 Å². The molecule has 0 bridgehead atoms. The third-order valence-corrected chi connectivity index (χ3v) is 6.48. The minimum atomic E-state index is 0.633. The molecule has 0 atom stereocenters. The first-order valence-corrected chi connectivity index (χ1v) is 12.1. The Balaban J connectivity index is 1.17. The van der Waals surface area contributed by atoms with E-state index in [4.69, 9.17) is 9.72 Å². The predicted octanol–water partition coefficient (Wildman–Crippen LogP) is 3.20. The van der Waals surface area contributed by atoms with E-state index >= 15 is 0 Å². The van der Waals surface area contributed by atoms with Crippen LogP contribution >= 0.6 is 0 Å². The molecule has 8 nitrogen and oxygen atoms in total. The maximum atomic E-state index is 5.82. The zero-order valence-electron chi connectivity index (χ0n) is 19.2. The molecule has 3 aromatic heterocycles. The number of aromatic amines is 1. The molecule has 1 saturated heterocycles. The van der Waals surface area contributed by atoms with Gasteiger partial charge in [0.25, 0.3) is 0 Å². The number of nitrogens with one attached hydrogen (secondary N) is 2. The Kier molecular flexibility index (Phi) is 5.91. The van der Waals surface area contributed by atoms with Gasteiger partial charge in [-0.3, -0.25) is 9.88 Å². The third-order valence-electron chi connectivity index (χ3n) is 6.48. The summed E-state index contributed by atoms with van der Waals surface area (Å²) in [5, 5.41) is 3.41. The van der Waals surface area contributed by atoms with E-state index in [0.29, 0.717) is 18.2 Å². The fourth-order valence-electron chi connectivity index (χ4n) is 4.39. The van der Waals surface area contributed by atoms with Crippen LogP contribution < -0.4 is 10.1 Å². The summed E-state index contributed by atoms with van der Waals surface area (Å²) < 4.78 is 5.82. The third kappa shape index (κ3) is 5.08. The number of hydrogen-bond donors (Lipinski definition) is 2. The Morgan fingerprint density at radius 1 is 1.00 bits per heavy atom. The van der Waals surface area contributed by atoms with E-state index < -0.39 is 0 Å². The fourth-order valence-corrected chi connectivity index (χ4v) is 4.39. The lowest BCUT2D eigenvalue weighted by Crippen LogP contribution is -2.42. The predicted molar refractivity (Wildman–Crippen MR) is 131 cm³/mol. The molecule has 1 aliphatic carbocycles. The van der Waals surface area contributed by atoms with Gasteiger partial charge in [0.1, 0.15) is 12.2 Å². The van der Waals surface area contributed by atoms with Crippen molar-refractivity contribution in [2.75, 3.05) is 32.8 Å². The number of nitrogens with zero attached hydrogens (tertiary/aromatic N) is 5. The Morgan fingerprint density at radius 3 is 2.79 bits per heavy atom. The topological polar surface area (TPSA) is 91.9 Å². The van der Waals surface area contributed by atoms with Crippen molar-refractivity contribution < 1.29 is 4.74 Å². The van der Waals surface area contributed by atoms with E-state index in [1.807, 2.05) is 24.4 Å². The zero-order valence-corrected chi connectivity index (χ0v) is 19.2. The Hall–Kier alpha value is -3.36. The maximum absolute atomic E-state index is 5.82. The smallest absolute Gasteiger partial charge is 0.216 e. The van der Waals surface area contributed by atoms with E-state index in [2.05, 4.69) is 48.4 Å². The molecular weight excluding hydrogens is 426 g/mol. The summed E-state index contributed by atoms with van der Waals surface area (Å²) in [6.45, 7) is 6.00. The Labute approximate surface area is 198 Å². The highest BCUT2D eigenvalue weighted by molar-refractivity contribution is 5.81. The van der Waals surface area contributed by atoms with Crippen LogP contribution in [0, 0.1) is 5.92 Å². The molecule has 4 aromatic rings. The van der Waals surface area contributed by atoms with E-state index in [-0.39, 0.29) is 0 Å². The first-order valence-electron chi connectivity index (χ1n) is 12.1. The number of piperazine rings is 1. The first-order chi connectivity index (χ1) is 16.8. The van der Waals surface area contributed by atoms with Gasteiger partial charge >= 0.3 is 0 Å². The van der Waals surface area contributed by atoms with Gasteiger partial charge in [0.2, 0.25) is 5.88 Å². The highest BCUT2D eigenvalue weighted by atomic mass is 16.5. The number of hydrogen-bond acceptors (Lipinski definition) is 7. The molecular formula is C26H29N7O. The molecule has 4 heterocycles. The minimum absolute atomic E-state index is 0.633. The van der Waals surface area contributed by atoms with E-state index in [1.54, 1.807) is 6.33 Å². The number of H-pyrrole nitrogens is 1. The van der Waals surface area contributed by atoms with Gasteiger partial charge in [0.15, 0.2) is 0 Å². The van der Waals surface area contributed by atoms with Crippen molar-refractivity contribution in [2.24, 2.45) is 5.92 Å². The summed E-state index contributed by atoms with van der Waals surface area (Å²) in [5.74, 6) is 2.24. The molecule has 2 fully saturated rings. The molecule has 2 aliphatic rings. The highest BCUT2D eigenvalue weighted by Crippen LogP contribution is 2.30. The molecule has 8 heteroatoms. The molecule has 2 N–H and O–H groups in total. The van der Waals surface area contributed by atoms with Crippen LogP contribution in [0.1, 0.15) is 29.9 Å². The molecule has 174 valence electrons. The summed E-state index contributed by atoms with van der Waals surface area (Å²) in [6, 6.07) is 12.4. The van der Waals surface area contributed by atoms with E-state index in [0.717, 1.165) is 73.1 Å². The van der Waals surface area contributed by atoms with Gasteiger partial charge in [0.05, 0.1) is 23.3 Å². The maximum Gasteiger partial charge on any atom is 0.216 e. The molecule has 0 amide bonds. The summed E-state index contributed by atoms with van der Waals surface area (Å²) in [6.07, 6.45) is 6.66. The SMILES string of the molecule is c1cc(CN2CCNCC2)cc(Cc2nc3ccc(-c4cc(OCC5CC5)ncn4)cc3[nH]2)n1. The minimum Gasteiger partial charge on any atom is -0.477 e. The Bertz CT molecular complexity index is 1280. The van der Waals surface area contributed by atoms with Gasteiger partial charge in [-0.2, -0.15) is 0 Å². The van der Waals surface area contributed by atoms with E-state index in [9.17, 15) is 0 Å². The second-order valence-corrected chi connectivity index (χ2v) is 9.27. The molecule has 1 saturated carbocycles. The van der Waals surface area contributed by atoms with Crippen molar-refractivity contribution in [1.82, 2.24) is 35.1 Å². The molecule has 1 aromatic carbocycles. The number of ether oxygens (including phenoxy) is 1. The fraction of sp³-hybridized carbons (Fsp3) is 0.385. The quantitative estimate of drug-likeness (QED) is 0.422. The number of benzene rings is 1. The average molecular weight is 456 g/mol. The van der Waals surface area contributed by atoms with Gasteiger partial charge in [-0.25, -0.2) is 15.0 Å². The summed E-state index contributed by atoms with van der Waals surface area (Å²) in [7, 11) is 0. The van der Waals surface area contributed by atoms with Crippen molar-refractivity contribution >= 4 is 11.0 Å². The van der Waals surface area contributed by atoms with Crippen LogP contribution in [0.4, 0.5) is 0 Å². The van der Waals surface area contributed by atoms with Gasteiger partial charge < -0.3 is 15.0 Å². The number of imidazole rings is 1. The van der Waals surface area contributed by atoms with Gasteiger partial charge in [0, 0.05) is 62.7 Å². The summed E-state index contributed by atoms with van der Waals surface area (Å²) in [5.41, 5.74) is 6.12. The number of aromatic nitrogens is 5. The molecule has 0 radical (unpaired) electrons. The average Bonchev–Trinajstić information content (AvgIpc) is 3.61. The summed E-state index contributed by atoms with van der Waals surface area (Å²) in [4.78, 5) is 24.0. The van der Waals surface area contributed by atoms with Crippen LogP contribution in [0.15, 0.2) is 48.9 Å². The first kappa shape index (κ1) is 21.2. The van der Waals surface area contributed by atoms with Gasteiger partial charge in [-0.05, 0) is 48.6 Å². The monoisotopic (exact) mass is 455 g/mol. The molecule has 0 spiro atoms. The lowest BCUT2D eigenvalue weighted by atomic mass is 10.1. The van der Waals surface area contributed by atoms with Crippen molar-refractivity contribution in [3.8, 4) is 17.1 Å². The highest BCUT2D eigenvalue weighted by Gasteiger charge is 2.22. The van der Waals surface area contributed by atoms with Crippen molar-refractivity contribution in [1.29, 1.82) is 0 Å². The number of pyridine rings is 1. The summed E-state index contributed by atoms with van der Waals surface area (Å²) >= 11 is 0. The molecule has 6 rings (SSSR count). The molecule has 1 aliphatic heterocycles. The van der Waals surface area contributed by atoms with Crippen LogP contribution in [-0.2, 0) is 13.0 Å². The molecule has 0 unspecified atom stereocenters. The Morgan fingerprint density at radius 2 is 1.91 bits per heavy atom. The zero-order chi connectivity index (χ0) is 22.7. The standard InChI is InChI=1S/C26H29N7O/c1-2-18(1)16-34-26-14-23(29-17-30-26)20-3-4-22-24(12-20)32-25(31-22)13-21-11-19(5-6-28-21)15-33-9-7-27-8-10-33/h3-6,11-12,14,17-18,27H,1-2,7-10,13,15-16H2,(H,31,32). The molecule has 34 heavy (non-hydrogen) atoms. The normalized spacial score (nSPS) is 16.7.